The molecule has 1 saturated carbocycles. The molecule has 1 fully saturated rings. The number of halogens is 2. The van der Waals surface area contributed by atoms with E-state index in [0.717, 1.165) is 12.8 Å². The second-order valence-electron chi connectivity index (χ2n) is 4.09. The van der Waals surface area contributed by atoms with Gasteiger partial charge in [0.15, 0.2) is 0 Å². The Bertz CT molecular complexity index is 437. The van der Waals surface area contributed by atoms with E-state index in [1.54, 1.807) is 7.05 Å². The van der Waals surface area contributed by atoms with E-state index in [1.807, 2.05) is 0 Å². The maximum atomic E-state index is 13.4. The minimum atomic E-state index is -0.475. The summed E-state index contributed by atoms with van der Waals surface area (Å²) < 4.78 is 13.4. The Morgan fingerprint density at radius 1 is 1.71 bits per heavy atom. The highest BCUT2D eigenvalue weighted by Crippen LogP contribution is 2.30. The number of aromatic nitrogens is 1. The van der Waals surface area contributed by atoms with E-state index in [0.29, 0.717) is 0 Å². The first-order valence-electron chi connectivity index (χ1n) is 5.39. The smallest absolute Gasteiger partial charge is 0.239 e. The van der Waals surface area contributed by atoms with Gasteiger partial charge in [-0.2, -0.15) is 0 Å². The fourth-order valence-corrected chi connectivity index (χ4v) is 1.59. The molecule has 1 N–H and O–H groups in total. The maximum Gasteiger partial charge on any atom is 0.239 e. The van der Waals surface area contributed by atoms with Gasteiger partial charge >= 0.3 is 0 Å². The third kappa shape index (κ3) is 3.14. The van der Waals surface area contributed by atoms with Crippen LogP contribution in [0.3, 0.4) is 0 Å². The summed E-state index contributed by atoms with van der Waals surface area (Å²) in [5, 5.41) is 1.65. The van der Waals surface area contributed by atoms with Crippen molar-refractivity contribution < 1.29 is 9.18 Å². The second kappa shape index (κ2) is 4.98. The molecular weight excluding hydrogens is 245 g/mol. The van der Waals surface area contributed by atoms with Crippen molar-refractivity contribution in [2.75, 3.05) is 7.05 Å². The average molecular weight is 258 g/mol. The monoisotopic (exact) mass is 257 g/mol. The van der Waals surface area contributed by atoms with E-state index in [1.165, 1.54) is 17.3 Å². The van der Waals surface area contributed by atoms with Crippen molar-refractivity contribution in [3.8, 4) is 0 Å². The number of hydrogen-bond acceptors (Lipinski definition) is 3. The van der Waals surface area contributed by atoms with Gasteiger partial charge in [0.25, 0.3) is 0 Å². The van der Waals surface area contributed by atoms with Gasteiger partial charge < -0.3 is 0 Å². The molecule has 0 saturated heterocycles. The summed E-state index contributed by atoms with van der Waals surface area (Å²) in [6, 6.07) is 1.20. The Balaban J connectivity index is 1.90. The van der Waals surface area contributed by atoms with Gasteiger partial charge in [-0.3, -0.25) is 14.8 Å². The van der Waals surface area contributed by atoms with Gasteiger partial charge in [0, 0.05) is 19.2 Å². The van der Waals surface area contributed by atoms with Gasteiger partial charge in [0.05, 0.1) is 17.3 Å². The lowest BCUT2D eigenvalue weighted by Crippen LogP contribution is -2.40. The highest BCUT2D eigenvalue weighted by Gasteiger charge is 2.32. The van der Waals surface area contributed by atoms with E-state index in [9.17, 15) is 9.18 Å². The summed E-state index contributed by atoms with van der Waals surface area (Å²) in [4.78, 5) is 15.5. The zero-order valence-corrected chi connectivity index (χ0v) is 10.2. The number of carbonyl (C=O) groups is 1. The van der Waals surface area contributed by atoms with Crippen LogP contribution in [0.1, 0.15) is 18.5 Å². The SMILES string of the molecule is CN(NCc1ncc(Cl)cc1F)C(=O)C1CC1. The van der Waals surface area contributed by atoms with Crippen LogP contribution < -0.4 is 5.43 Å². The Morgan fingerprint density at radius 2 is 2.41 bits per heavy atom. The molecule has 4 nitrogen and oxygen atoms in total. The zero-order valence-electron chi connectivity index (χ0n) is 9.41. The van der Waals surface area contributed by atoms with Crippen LogP contribution in [0, 0.1) is 11.7 Å². The molecular formula is C11H13ClFN3O. The lowest BCUT2D eigenvalue weighted by atomic mass is 10.3. The lowest BCUT2D eigenvalue weighted by Gasteiger charge is -2.18. The first-order chi connectivity index (χ1) is 8.08. The minimum absolute atomic E-state index is 0.0411. The molecule has 0 bridgehead atoms. The third-order valence-corrected chi connectivity index (χ3v) is 2.83. The summed E-state index contributed by atoms with van der Waals surface area (Å²) >= 11 is 5.59. The molecule has 1 aliphatic carbocycles. The minimum Gasteiger partial charge on any atom is -0.281 e. The van der Waals surface area contributed by atoms with Crippen molar-refractivity contribution in [1.29, 1.82) is 0 Å². The summed E-state index contributed by atoms with van der Waals surface area (Å²) in [5.41, 5.74) is 3.06. The largest absolute Gasteiger partial charge is 0.281 e. The zero-order chi connectivity index (χ0) is 12.4. The normalized spacial score (nSPS) is 14.8. The van der Waals surface area contributed by atoms with Crippen LogP contribution in [0.2, 0.25) is 5.02 Å². The molecule has 0 atom stereocenters. The molecule has 0 radical (unpaired) electrons. The van der Waals surface area contributed by atoms with Gasteiger partial charge in [-0.15, -0.1) is 0 Å². The van der Waals surface area contributed by atoms with Crippen LogP contribution in [0.15, 0.2) is 12.3 Å². The molecule has 2 rings (SSSR count). The van der Waals surface area contributed by atoms with Crippen molar-refractivity contribution >= 4 is 17.5 Å². The molecule has 6 heteroatoms. The summed E-state index contributed by atoms with van der Waals surface area (Å²) in [6.07, 6.45) is 3.27. The molecule has 0 spiro atoms. The predicted molar refractivity (Wildman–Crippen MR) is 61.5 cm³/mol. The van der Waals surface area contributed by atoms with Crippen molar-refractivity contribution in [3.05, 3.63) is 28.8 Å². The predicted octanol–water partition coefficient (Wildman–Crippen LogP) is 1.75. The highest BCUT2D eigenvalue weighted by atomic mass is 35.5. The Hall–Kier alpha value is -1.20. The van der Waals surface area contributed by atoms with E-state index in [2.05, 4.69) is 10.4 Å². The van der Waals surface area contributed by atoms with Crippen LogP contribution in [0.4, 0.5) is 4.39 Å². The van der Waals surface area contributed by atoms with E-state index < -0.39 is 5.82 Å². The highest BCUT2D eigenvalue weighted by molar-refractivity contribution is 6.30. The molecule has 1 aliphatic rings. The van der Waals surface area contributed by atoms with E-state index in [-0.39, 0.29) is 29.1 Å². The number of nitrogens with zero attached hydrogens (tertiary/aromatic N) is 2. The molecule has 0 unspecified atom stereocenters. The number of amides is 1. The number of hydrogen-bond donors (Lipinski definition) is 1. The van der Waals surface area contributed by atoms with Crippen LogP contribution in [-0.4, -0.2) is 22.9 Å². The van der Waals surface area contributed by atoms with Gasteiger partial charge in [-0.1, -0.05) is 11.6 Å². The van der Waals surface area contributed by atoms with E-state index in [4.69, 9.17) is 11.6 Å². The standard InChI is InChI=1S/C11H13ClFN3O/c1-16(11(17)7-2-3-7)15-6-10-9(13)4-8(12)5-14-10/h4-5,7,15H,2-3,6H2,1H3. The van der Waals surface area contributed by atoms with E-state index >= 15 is 0 Å². The fourth-order valence-electron chi connectivity index (χ4n) is 1.45. The molecule has 1 aromatic rings. The second-order valence-corrected chi connectivity index (χ2v) is 4.52. The quantitative estimate of drug-likeness (QED) is 0.836. The van der Waals surface area contributed by atoms with Crippen LogP contribution >= 0.6 is 11.6 Å². The molecule has 1 amide bonds. The molecule has 1 aromatic heterocycles. The summed E-state index contributed by atoms with van der Waals surface area (Å²) in [6.45, 7) is 0.165. The Labute approximate surface area is 104 Å². The van der Waals surface area contributed by atoms with Crippen molar-refractivity contribution in [2.24, 2.45) is 5.92 Å². The lowest BCUT2D eigenvalue weighted by molar-refractivity contribution is -0.134. The fraction of sp³-hybridized carbons (Fsp3) is 0.455. The topological polar surface area (TPSA) is 45.2 Å². The summed E-state index contributed by atoms with van der Waals surface area (Å²) in [7, 11) is 1.63. The van der Waals surface area contributed by atoms with Crippen molar-refractivity contribution in [3.63, 3.8) is 0 Å². The van der Waals surface area contributed by atoms with Gasteiger partial charge in [0.1, 0.15) is 5.82 Å². The Morgan fingerprint density at radius 3 is 3.00 bits per heavy atom. The molecule has 0 aliphatic heterocycles. The number of pyridine rings is 1. The van der Waals surface area contributed by atoms with Crippen molar-refractivity contribution in [1.82, 2.24) is 15.4 Å². The van der Waals surface area contributed by atoms with Crippen molar-refractivity contribution in [2.45, 2.75) is 19.4 Å². The third-order valence-electron chi connectivity index (χ3n) is 2.62. The molecule has 92 valence electrons. The molecule has 17 heavy (non-hydrogen) atoms. The summed E-state index contributed by atoms with van der Waals surface area (Å²) in [5.74, 6) is -0.299. The average Bonchev–Trinajstić information content (AvgIpc) is 3.10. The maximum absolute atomic E-state index is 13.4. The van der Waals surface area contributed by atoms with Crippen LogP contribution in [0.5, 0.6) is 0 Å². The first kappa shape index (κ1) is 12.3. The Kier molecular flexibility index (Phi) is 3.59. The van der Waals surface area contributed by atoms with Gasteiger partial charge in [-0.25, -0.2) is 9.82 Å². The molecule has 0 aromatic carbocycles. The number of carbonyl (C=O) groups excluding carboxylic acids is 1. The van der Waals surface area contributed by atoms with Gasteiger partial charge in [0.2, 0.25) is 5.91 Å². The number of rotatable bonds is 4. The first-order valence-corrected chi connectivity index (χ1v) is 5.76. The number of nitrogens with one attached hydrogen (secondary N) is 1. The van der Waals surface area contributed by atoms with Crippen LogP contribution in [-0.2, 0) is 11.3 Å². The number of hydrazine groups is 1. The van der Waals surface area contributed by atoms with Gasteiger partial charge in [-0.05, 0) is 18.9 Å². The van der Waals surface area contributed by atoms with Crippen LogP contribution in [0.25, 0.3) is 0 Å². The molecule has 1 heterocycles.